The number of anilines is 1. The van der Waals surface area contributed by atoms with E-state index in [2.05, 4.69) is 22.3 Å². The molecule has 0 fully saturated rings. The molecule has 4 aromatic rings. The summed E-state index contributed by atoms with van der Waals surface area (Å²) in [5.41, 5.74) is 5.01. The molecule has 2 aromatic heterocycles. The highest BCUT2D eigenvalue weighted by atomic mass is 35.5. The van der Waals surface area contributed by atoms with Crippen molar-refractivity contribution in [3.8, 4) is 11.3 Å². The standard InChI is InChI=1S/C24H22ClN5O2/c1-2-15-6-5-7-16(12-15)26-24(32)29-11-10-20-18(14-29)23(31)30-22(27-20)13-21(28-30)17-8-3-4-9-19(17)25/h3-9,12-13,28H,2,10-11,14H2,1H3,(H,26,32). The van der Waals surface area contributed by atoms with Gasteiger partial charge < -0.3 is 10.2 Å². The van der Waals surface area contributed by atoms with Gasteiger partial charge in [0.05, 0.1) is 23.5 Å². The largest absolute Gasteiger partial charge is 0.322 e. The second-order valence-corrected chi connectivity index (χ2v) is 8.25. The van der Waals surface area contributed by atoms with Gasteiger partial charge in [0.1, 0.15) is 0 Å². The van der Waals surface area contributed by atoms with E-state index in [9.17, 15) is 9.59 Å². The molecule has 2 N–H and O–H groups in total. The number of nitrogens with zero attached hydrogens (tertiary/aromatic N) is 3. The Morgan fingerprint density at radius 3 is 2.84 bits per heavy atom. The zero-order valence-corrected chi connectivity index (χ0v) is 18.3. The van der Waals surface area contributed by atoms with E-state index in [0.29, 0.717) is 34.9 Å². The number of amides is 2. The molecule has 162 valence electrons. The van der Waals surface area contributed by atoms with Gasteiger partial charge in [-0.25, -0.2) is 14.3 Å². The average Bonchev–Trinajstić information content (AvgIpc) is 3.23. The molecule has 0 unspecified atom stereocenters. The molecule has 0 radical (unpaired) electrons. The summed E-state index contributed by atoms with van der Waals surface area (Å²) in [6.07, 6.45) is 1.42. The van der Waals surface area contributed by atoms with Crippen LogP contribution in [0, 0.1) is 0 Å². The molecular formula is C24H22ClN5O2. The minimum Gasteiger partial charge on any atom is -0.320 e. The number of aromatic nitrogens is 3. The van der Waals surface area contributed by atoms with Crippen molar-refractivity contribution < 1.29 is 4.79 Å². The summed E-state index contributed by atoms with van der Waals surface area (Å²) in [7, 11) is 0. The van der Waals surface area contributed by atoms with Gasteiger partial charge in [-0.2, -0.15) is 0 Å². The predicted octanol–water partition coefficient (Wildman–Crippen LogP) is 4.50. The fourth-order valence-electron chi connectivity index (χ4n) is 4.04. The number of H-pyrrole nitrogens is 1. The molecule has 0 spiro atoms. The van der Waals surface area contributed by atoms with Gasteiger partial charge in [-0.3, -0.25) is 9.89 Å². The van der Waals surface area contributed by atoms with Crippen molar-refractivity contribution in [3.63, 3.8) is 0 Å². The Hall–Kier alpha value is -3.58. The van der Waals surface area contributed by atoms with Gasteiger partial charge in [0.15, 0.2) is 5.65 Å². The van der Waals surface area contributed by atoms with Gasteiger partial charge in [0.25, 0.3) is 5.56 Å². The lowest BCUT2D eigenvalue weighted by Gasteiger charge is -2.27. The molecule has 1 aliphatic rings. The van der Waals surface area contributed by atoms with Crippen molar-refractivity contribution >= 4 is 29.0 Å². The van der Waals surface area contributed by atoms with Crippen LogP contribution >= 0.6 is 11.6 Å². The maximum Gasteiger partial charge on any atom is 0.322 e. The zero-order valence-electron chi connectivity index (χ0n) is 17.6. The highest BCUT2D eigenvalue weighted by molar-refractivity contribution is 6.33. The summed E-state index contributed by atoms with van der Waals surface area (Å²) in [6, 6.07) is 16.8. The van der Waals surface area contributed by atoms with Crippen LogP contribution in [0.1, 0.15) is 23.7 Å². The first-order valence-corrected chi connectivity index (χ1v) is 10.9. The molecule has 1 aliphatic heterocycles. The SMILES string of the molecule is CCc1cccc(NC(=O)N2CCc3nc4cc(-c5ccccc5Cl)[nH]n4c(=O)c3C2)c1. The minimum absolute atomic E-state index is 0.200. The number of halogens is 1. The van der Waals surface area contributed by atoms with E-state index < -0.39 is 0 Å². The van der Waals surface area contributed by atoms with Crippen molar-refractivity contribution in [2.75, 3.05) is 11.9 Å². The number of nitrogens with one attached hydrogen (secondary N) is 2. The van der Waals surface area contributed by atoms with Crippen LogP contribution in [-0.4, -0.2) is 32.1 Å². The second-order valence-electron chi connectivity index (χ2n) is 7.84. The second kappa shape index (κ2) is 8.16. The number of hydrogen-bond acceptors (Lipinski definition) is 3. The first-order chi connectivity index (χ1) is 15.5. The predicted molar refractivity (Wildman–Crippen MR) is 125 cm³/mol. The van der Waals surface area contributed by atoms with Crippen molar-refractivity contribution in [2.45, 2.75) is 26.3 Å². The summed E-state index contributed by atoms with van der Waals surface area (Å²) in [5, 5.41) is 6.64. The first kappa shape index (κ1) is 20.3. The Labute approximate surface area is 189 Å². The summed E-state index contributed by atoms with van der Waals surface area (Å²) >= 11 is 6.31. The van der Waals surface area contributed by atoms with E-state index in [4.69, 9.17) is 11.6 Å². The summed E-state index contributed by atoms with van der Waals surface area (Å²) in [6.45, 7) is 2.78. The van der Waals surface area contributed by atoms with Crippen LogP contribution in [-0.2, 0) is 19.4 Å². The van der Waals surface area contributed by atoms with Gasteiger partial charge in [0, 0.05) is 35.3 Å². The lowest BCUT2D eigenvalue weighted by atomic mass is 10.1. The highest BCUT2D eigenvalue weighted by Gasteiger charge is 2.26. The fraction of sp³-hybridized carbons (Fsp3) is 0.208. The summed E-state index contributed by atoms with van der Waals surface area (Å²) in [5.74, 6) is 0. The Balaban J connectivity index is 1.43. The molecule has 7 nitrogen and oxygen atoms in total. The fourth-order valence-corrected chi connectivity index (χ4v) is 4.28. The number of carbonyl (C=O) groups excluding carboxylic acids is 1. The molecule has 2 amide bonds. The van der Waals surface area contributed by atoms with E-state index in [1.54, 1.807) is 11.0 Å². The van der Waals surface area contributed by atoms with Crippen LogP contribution in [0.25, 0.3) is 16.9 Å². The van der Waals surface area contributed by atoms with Crippen LogP contribution < -0.4 is 10.9 Å². The molecule has 8 heteroatoms. The molecule has 0 bridgehead atoms. The van der Waals surface area contributed by atoms with Gasteiger partial charge in [-0.05, 0) is 30.2 Å². The number of hydrogen-bond donors (Lipinski definition) is 2. The van der Waals surface area contributed by atoms with E-state index in [1.807, 2.05) is 48.5 Å². The van der Waals surface area contributed by atoms with Crippen molar-refractivity contribution in [3.05, 3.63) is 86.8 Å². The van der Waals surface area contributed by atoms with E-state index in [1.165, 1.54) is 4.52 Å². The number of urea groups is 1. The molecule has 2 aromatic carbocycles. The molecule has 0 saturated carbocycles. The lowest BCUT2D eigenvalue weighted by Crippen LogP contribution is -2.42. The minimum atomic E-state index is -0.225. The topological polar surface area (TPSA) is 82.5 Å². The third kappa shape index (κ3) is 3.65. The quantitative estimate of drug-likeness (QED) is 0.485. The van der Waals surface area contributed by atoms with Gasteiger partial charge >= 0.3 is 6.03 Å². The molecule has 0 saturated heterocycles. The van der Waals surface area contributed by atoms with Crippen LogP contribution in [0.4, 0.5) is 10.5 Å². The lowest BCUT2D eigenvalue weighted by molar-refractivity contribution is 0.205. The molecule has 0 aliphatic carbocycles. The van der Waals surface area contributed by atoms with Gasteiger partial charge in [0.2, 0.25) is 0 Å². The van der Waals surface area contributed by atoms with Crippen molar-refractivity contribution in [1.82, 2.24) is 19.5 Å². The average molecular weight is 448 g/mol. The van der Waals surface area contributed by atoms with Crippen LogP contribution in [0.15, 0.2) is 59.4 Å². The first-order valence-electron chi connectivity index (χ1n) is 10.6. The van der Waals surface area contributed by atoms with Gasteiger partial charge in [-0.1, -0.05) is 48.9 Å². The van der Waals surface area contributed by atoms with Crippen LogP contribution in [0.2, 0.25) is 5.02 Å². The van der Waals surface area contributed by atoms with Crippen molar-refractivity contribution in [2.24, 2.45) is 0 Å². The van der Waals surface area contributed by atoms with Gasteiger partial charge in [-0.15, -0.1) is 0 Å². The smallest absolute Gasteiger partial charge is 0.320 e. The third-order valence-electron chi connectivity index (χ3n) is 5.80. The third-order valence-corrected chi connectivity index (χ3v) is 6.13. The van der Waals surface area contributed by atoms with E-state index >= 15 is 0 Å². The maximum atomic E-state index is 13.2. The maximum absolute atomic E-state index is 13.2. The van der Waals surface area contributed by atoms with Crippen LogP contribution in [0.5, 0.6) is 0 Å². The normalized spacial score (nSPS) is 13.2. The molecule has 5 rings (SSSR count). The number of benzene rings is 2. The molecule has 32 heavy (non-hydrogen) atoms. The monoisotopic (exact) mass is 447 g/mol. The number of rotatable bonds is 3. The number of aromatic amines is 1. The number of fused-ring (bicyclic) bond motifs is 2. The molecular weight excluding hydrogens is 426 g/mol. The van der Waals surface area contributed by atoms with Crippen molar-refractivity contribution in [1.29, 1.82) is 0 Å². The molecule has 0 atom stereocenters. The number of aryl methyl sites for hydroxylation is 1. The van der Waals surface area contributed by atoms with E-state index in [0.717, 1.165) is 28.9 Å². The summed E-state index contributed by atoms with van der Waals surface area (Å²) < 4.78 is 1.42. The van der Waals surface area contributed by atoms with E-state index in [-0.39, 0.29) is 18.1 Å². The Kier molecular flexibility index (Phi) is 5.19. The summed E-state index contributed by atoms with van der Waals surface area (Å²) in [4.78, 5) is 32.4. The molecule has 3 heterocycles. The number of carbonyl (C=O) groups is 1. The highest BCUT2D eigenvalue weighted by Crippen LogP contribution is 2.27. The van der Waals surface area contributed by atoms with Crippen LogP contribution in [0.3, 0.4) is 0 Å². The zero-order chi connectivity index (χ0) is 22.2. The Bertz CT molecular complexity index is 1390. The Morgan fingerprint density at radius 1 is 1.19 bits per heavy atom. The Morgan fingerprint density at radius 2 is 2.03 bits per heavy atom.